The first-order valence-electron chi connectivity index (χ1n) is 22.6. The molecule has 0 saturated heterocycles. The lowest BCUT2D eigenvalue weighted by molar-refractivity contribution is 0.372. The van der Waals surface area contributed by atoms with E-state index in [0.29, 0.717) is 23.7 Å². The Morgan fingerprint density at radius 3 is 1.81 bits per heavy atom. The summed E-state index contributed by atoms with van der Waals surface area (Å²) in [5.41, 5.74) is 24.7. The van der Waals surface area contributed by atoms with Crippen LogP contribution in [0.25, 0.3) is 22.8 Å². The molecule has 0 saturated carbocycles. The van der Waals surface area contributed by atoms with Crippen LogP contribution in [0.5, 0.6) is 5.75 Å². The van der Waals surface area contributed by atoms with Gasteiger partial charge in [-0.2, -0.15) is 0 Å². The van der Waals surface area contributed by atoms with Crippen LogP contribution in [0.15, 0.2) is 107 Å². The van der Waals surface area contributed by atoms with Gasteiger partial charge in [-0.05, 0) is 138 Å². The molecule has 0 amide bonds. The number of fused-ring (bicyclic) bond motifs is 2. The Morgan fingerprint density at radius 1 is 0.627 bits per heavy atom. The summed E-state index contributed by atoms with van der Waals surface area (Å²) >= 11 is 0. The first kappa shape index (κ1) is 41.4. The molecule has 4 aromatic rings. The van der Waals surface area contributed by atoms with Gasteiger partial charge in [0.25, 0.3) is 0 Å². The lowest BCUT2D eigenvalue weighted by Gasteiger charge is -2.39. The molecule has 4 aromatic carbocycles. The largest absolute Gasteiger partial charge is 0.496 e. The minimum absolute atomic E-state index is 0.0639. The number of aryl methyl sites for hydroxylation is 2. The second-order valence-electron chi connectivity index (χ2n) is 21.9. The van der Waals surface area contributed by atoms with E-state index in [9.17, 15) is 0 Å². The number of hydrogen-bond acceptors (Lipinski definition) is 1. The van der Waals surface area contributed by atoms with Gasteiger partial charge in [0.15, 0.2) is 0 Å². The highest BCUT2D eigenvalue weighted by molar-refractivity contribution is 5.89. The SMILES string of the molecule is COc1c(C(C)(C)C)cc2c(c1-c1cc(C)cc(C)c1)C=C(C)C2CCC1C(C)=CC2=C(c3ccc(C(C)(C)C)cc3)C3=C(CCC3)C(c3ccc(C(C)(C)C)cc3)C21. The maximum absolute atomic E-state index is 6.38. The summed E-state index contributed by atoms with van der Waals surface area (Å²) in [4.78, 5) is 0. The Bertz CT molecular complexity index is 2400. The van der Waals surface area contributed by atoms with Gasteiger partial charge in [-0.1, -0.05) is 175 Å². The molecule has 4 unspecified atom stereocenters. The van der Waals surface area contributed by atoms with E-state index in [0.717, 1.165) is 18.6 Å². The highest BCUT2D eigenvalue weighted by Crippen LogP contribution is 2.61. The maximum Gasteiger partial charge on any atom is 0.131 e. The van der Waals surface area contributed by atoms with Gasteiger partial charge in [0.05, 0.1) is 7.11 Å². The van der Waals surface area contributed by atoms with E-state index in [1.54, 1.807) is 27.9 Å². The zero-order chi connectivity index (χ0) is 42.3. The highest BCUT2D eigenvalue weighted by Gasteiger charge is 2.46. The van der Waals surface area contributed by atoms with Crippen LogP contribution >= 0.6 is 0 Å². The van der Waals surface area contributed by atoms with Gasteiger partial charge in [-0.15, -0.1) is 0 Å². The van der Waals surface area contributed by atoms with E-state index in [1.807, 2.05) is 7.11 Å². The van der Waals surface area contributed by atoms with Gasteiger partial charge in [-0.3, -0.25) is 0 Å². The quantitative estimate of drug-likeness (QED) is 0.181. The molecule has 308 valence electrons. The standard InChI is InChI=1S/C58H70O/c1-34-28-35(2)30-40(29-34)53-48-31-36(3)43(47(48)33-50(55(53)59-14)58(11,12)13)26-27-44-37(4)32-49-51(38-18-22-41(23-19-38)56(5,6)7)45-16-15-17-46(45)52(54(44)49)39-20-24-42(25-21-39)57(8,9)10/h18-25,28-33,43-44,52,54H,15-17,26-27H2,1-14H3. The second kappa shape index (κ2) is 15.0. The molecule has 0 fully saturated rings. The fourth-order valence-corrected chi connectivity index (χ4v) is 11.5. The predicted octanol–water partition coefficient (Wildman–Crippen LogP) is 16.1. The third kappa shape index (κ3) is 7.44. The fraction of sp³-hybridized carbons (Fsp3) is 0.448. The summed E-state index contributed by atoms with van der Waals surface area (Å²) in [5.74, 6) is 2.73. The summed E-state index contributed by atoms with van der Waals surface area (Å²) in [6, 6.07) is 29.0. The molecule has 4 aliphatic carbocycles. The highest BCUT2D eigenvalue weighted by atomic mass is 16.5. The van der Waals surface area contributed by atoms with Crippen molar-refractivity contribution in [1.29, 1.82) is 0 Å². The molecule has 0 bridgehead atoms. The second-order valence-corrected chi connectivity index (χ2v) is 21.9. The van der Waals surface area contributed by atoms with Crippen LogP contribution < -0.4 is 4.74 Å². The van der Waals surface area contributed by atoms with Crippen LogP contribution in [0, 0.1) is 25.7 Å². The summed E-state index contributed by atoms with van der Waals surface area (Å²) in [6.07, 6.45) is 11.1. The van der Waals surface area contributed by atoms with Crippen molar-refractivity contribution in [3.63, 3.8) is 0 Å². The topological polar surface area (TPSA) is 9.23 Å². The lowest BCUT2D eigenvalue weighted by Crippen LogP contribution is -2.27. The smallest absolute Gasteiger partial charge is 0.131 e. The van der Waals surface area contributed by atoms with Crippen LogP contribution in [-0.4, -0.2) is 7.11 Å². The first-order chi connectivity index (χ1) is 27.8. The Labute approximate surface area is 357 Å². The lowest BCUT2D eigenvalue weighted by atomic mass is 9.64. The van der Waals surface area contributed by atoms with Crippen LogP contribution in [-0.2, 0) is 16.2 Å². The molecule has 8 rings (SSSR count). The molecular weight excluding hydrogens is 713 g/mol. The number of ether oxygens (including phenoxy) is 1. The van der Waals surface area contributed by atoms with Gasteiger partial charge < -0.3 is 4.74 Å². The van der Waals surface area contributed by atoms with Gasteiger partial charge in [0.1, 0.15) is 5.75 Å². The molecule has 0 heterocycles. The minimum Gasteiger partial charge on any atom is -0.496 e. The number of allylic oxidation sites excluding steroid dienone is 7. The third-order valence-electron chi connectivity index (χ3n) is 14.5. The van der Waals surface area contributed by atoms with Crippen molar-refractivity contribution in [3.05, 3.63) is 157 Å². The number of rotatable bonds is 7. The van der Waals surface area contributed by atoms with Gasteiger partial charge in [0.2, 0.25) is 0 Å². The van der Waals surface area contributed by atoms with Gasteiger partial charge >= 0.3 is 0 Å². The van der Waals surface area contributed by atoms with Crippen molar-refractivity contribution < 1.29 is 4.74 Å². The van der Waals surface area contributed by atoms with Crippen molar-refractivity contribution in [2.24, 2.45) is 11.8 Å². The average Bonchev–Trinajstić information content (AvgIpc) is 3.85. The fourth-order valence-electron chi connectivity index (χ4n) is 11.5. The van der Waals surface area contributed by atoms with Crippen LogP contribution in [0.1, 0.15) is 170 Å². The van der Waals surface area contributed by atoms with Crippen LogP contribution in [0.3, 0.4) is 0 Å². The molecule has 4 aliphatic rings. The molecule has 1 nitrogen and oxygen atoms in total. The van der Waals surface area contributed by atoms with Gasteiger partial charge in [-0.25, -0.2) is 0 Å². The first-order valence-corrected chi connectivity index (χ1v) is 22.6. The number of hydrogen-bond donors (Lipinski definition) is 0. The normalized spacial score (nSPS) is 21.7. The molecule has 0 spiro atoms. The van der Waals surface area contributed by atoms with E-state index in [1.165, 1.54) is 86.0 Å². The minimum atomic E-state index is -0.0639. The van der Waals surface area contributed by atoms with Crippen molar-refractivity contribution in [3.8, 4) is 16.9 Å². The molecule has 59 heavy (non-hydrogen) atoms. The van der Waals surface area contributed by atoms with E-state index in [-0.39, 0.29) is 16.2 Å². The Morgan fingerprint density at radius 2 is 1.24 bits per heavy atom. The number of methoxy groups -OCH3 is 1. The monoisotopic (exact) mass is 783 g/mol. The summed E-state index contributed by atoms with van der Waals surface area (Å²) < 4.78 is 6.38. The van der Waals surface area contributed by atoms with E-state index in [4.69, 9.17) is 4.74 Å². The molecule has 0 aliphatic heterocycles. The summed E-state index contributed by atoms with van der Waals surface area (Å²) in [6.45, 7) is 30.3. The molecule has 4 atom stereocenters. The van der Waals surface area contributed by atoms with Crippen LogP contribution in [0.4, 0.5) is 0 Å². The third-order valence-corrected chi connectivity index (χ3v) is 14.5. The summed E-state index contributed by atoms with van der Waals surface area (Å²) in [5, 5.41) is 0. The average molecular weight is 783 g/mol. The molecule has 0 N–H and O–H groups in total. The zero-order valence-corrected chi connectivity index (χ0v) is 38.8. The van der Waals surface area contributed by atoms with E-state index >= 15 is 0 Å². The van der Waals surface area contributed by atoms with Crippen molar-refractivity contribution in [2.45, 2.75) is 150 Å². The zero-order valence-electron chi connectivity index (χ0n) is 38.8. The molecule has 1 heteroatoms. The van der Waals surface area contributed by atoms with E-state index < -0.39 is 0 Å². The Balaban J connectivity index is 1.23. The molecule has 0 aromatic heterocycles. The van der Waals surface area contributed by atoms with Crippen molar-refractivity contribution >= 4 is 11.6 Å². The van der Waals surface area contributed by atoms with Crippen LogP contribution in [0.2, 0.25) is 0 Å². The number of benzene rings is 4. The van der Waals surface area contributed by atoms with Crippen molar-refractivity contribution in [2.75, 3.05) is 7.11 Å². The maximum atomic E-state index is 6.38. The Kier molecular flexibility index (Phi) is 10.5. The molecule has 0 radical (unpaired) electrons. The predicted molar refractivity (Wildman–Crippen MR) is 254 cm³/mol. The van der Waals surface area contributed by atoms with E-state index in [2.05, 4.69) is 175 Å². The van der Waals surface area contributed by atoms with Gasteiger partial charge in [0, 0.05) is 28.9 Å². The molecular formula is C58H70O. The Hall–Kier alpha value is -4.36. The van der Waals surface area contributed by atoms with Crippen molar-refractivity contribution in [1.82, 2.24) is 0 Å². The summed E-state index contributed by atoms with van der Waals surface area (Å²) in [7, 11) is 1.86.